The van der Waals surface area contributed by atoms with Gasteiger partial charge in [-0.1, -0.05) is 119 Å². The Bertz CT molecular complexity index is 662. The van der Waals surface area contributed by atoms with Gasteiger partial charge in [-0.2, -0.15) is 0 Å². The fourth-order valence-electron chi connectivity index (χ4n) is 5.10. The molecule has 5 heteroatoms. The van der Waals surface area contributed by atoms with Gasteiger partial charge in [-0.15, -0.1) is 6.58 Å². The molecule has 0 N–H and O–H groups in total. The van der Waals surface area contributed by atoms with E-state index in [-0.39, 0.29) is 34.5 Å². The van der Waals surface area contributed by atoms with Gasteiger partial charge in [0.15, 0.2) is 16.6 Å². The van der Waals surface area contributed by atoms with Crippen LogP contribution in [0.1, 0.15) is 145 Å². The topological polar surface area (TPSA) is 27.7 Å². The van der Waals surface area contributed by atoms with E-state index in [1.54, 1.807) is 0 Å². The average molecular weight is 583 g/mol. The number of hydrogen-bond donors (Lipinski definition) is 0. The third kappa shape index (κ3) is 13.3. The zero-order chi connectivity index (χ0) is 29.7. The van der Waals surface area contributed by atoms with Crippen molar-refractivity contribution in [3.05, 3.63) is 12.7 Å². The van der Waals surface area contributed by atoms with Crippen LogP contribution in [-0.2, 0) is 13.6 Å². The Morgan fingerprint density at radius 1 is 0.692 bits per heavy atom. The second-order valence-electron chi connectivity index (χ2n) is 15.5. The van der Waals surface area contributed by atoms with Crippen LogP contribution in [0.5, 0.6) is 0 Å². The summed E-state index contributed by atoms with van der Waals surface area (Å²) in [4.78, 5) is 0. The van der Waals surface area contributed by atoms with Gasteiger partial charge in [0.25, 0.3) is 0 Å². The van der Waals surface area contributed by atoms with Crippen LogP contribution in [0.15, 0.2) is 12.7 Å². The summed E-state index contributed by atoms with van der Waals surface area (Å²) in [5.74, 6) is 0. The van der Waals surface area contributed by atoms with Crippen molar-refractivity contribution >= 4 is 16.6 Å². The van der Waals surface area contributed by atoms with Crippen LogP contribution in [0, 0.1) is 0 Å². The average Bonchev–Trinajstić information content (AvgIpc) is 3.31. The van der Waals surface area contributed by atoms with Gasteiger partial charge in [0.2, 0.25) is 0 Å². The molecule has 3 nitrogen and oxygen atoms in total. The van der Waals surface area contributed by atoms with E-state index in [9.17, 15) is 0 Å². The van der Waals surface area contributed by atoms with E-state index in [0.29, 0.717) is 0 Å². The molecule has 0 aliphatic carbocycles. The van der Waals surface area contributed by atoms with Crippen molar-refractivity contribution in [2.45, 2.75) is 205 Å². The summed E-state index contributed by atoms with van der Waals surface area (Å²) < 4.78 is 21.0. The predicted octanol–water partition coefficient (Wildman–Crippen LogP) is 11.6. The van der Waals surface area contributed by atoms with Crippen molar-refractivity contribution in [3.8, 4) is 0 Å². The summed E-state index contributed by atoms with van der Waals surface area (Å²) in [5, 5.41) is 0.403. The maximum atomic E-state index is 7.10. The second-order valence-corrected chi connectivity index (χ2v) is 25.0. The molecule has 0 bridgehead atoms. The number of ether oxygens (including phenoxy) is 1. The van der Waals surface area contributed by atoms with Gasteiger partial charge in [-0.3, -0.25) is 0 Å². The van der Waals surface area contributed by atoms with E-state index in [1.807, 2.05) is 6.08 Å². The van der Waals surface area contributed by atoms with Crippen molar-refractivity contribution in [2.24, 2.45) is 0 Å². The first kappa shape index (κ1) is 37.1. The molecular weight excluding hydrogens is 513 g/mol. The minimum Gasteiger partial charge on any atom is -0.411 e. The lowest BCUT2D eigenvalue weighted by atomic mass is 10.0. The SMILES string of the molecule is C=CCC[C@@H](O[Si](C)(C)C(C)(C)C)[C@H]1CC[C@H]([C@@H](CCCCCCCCCCCC)O[Si](C)(C)C(C)(C)C)O1. The zero-order valence-electron chi connectivity index (χ0n) is 28.4. The van der Waals surface area contributed by atoms with Crippen LogP contribution in [0.3, 0.4) is 0 Å². The first-order chi connectivity index (χ1) is 18.1. The fourth-order valence-corrected chi connectivity index (χ4v) is 7.86. The van der Waals surface area contributed by atoms with E-state index >= 15 is 0 Å². The summed E-state index contributed by atoms with van der Waals surface area (Å²) in [6, 6.07) is 0. The smallest absolute Gasteiger partial charge is 0.192 e. The number of unbranched alkanes of at least 4 members (excludes halogenated alkanes) is 9. The Hall–Kier alpha value is 0.0538. The lowest BCUT2D eigenvalue weighted by Gasteiger charge is -2.42. The molecule has 1 saturated heterocycles. The van der Waals surface area contributed by atoms with Gasteiger partial charge < -0.3 is 13.6 Å². The van der Waals surface area contributed by atoms with Crippen molar-refractivity contribution in [1.29, 1.82) is 0 Å². The zero-order valence-corrected chi connectivity index (χ0v) is 30.4. The summed E-state index contributed by atoms with van der Waals surface area (Å²) in [7, 11) is -3.77. The maximum absolute atomic E-state index is 7.10. The Labute approximate surface area is 247 Å². The van der Waals surface area contributed by atoms with Gasteiger partial charge in [0.1, 0.15) is 0 Å². The first-order valence-corrected chi connectivity index (χ1v) is 22.5. The van der Waals surface area contributed by atoms with Gasteiger partial charge >= 0.3 is 0 Å². The molecule has 0 aromatic carbocycles. The summed E-state index contributed by atoms with van der Waals surface area (Å²) in [6.07, 6.45) is 21.7. The lowest BCUT2D eigenvalue weighted by molar-refractivity contribution is -0.0709. The van der Waals surface area contributed by atoms with Gasteiger partial charge in [0, 0.05) is 0 Å². The highest BCUT2D eigenvalue weighted by Gasteiger charge is 2.45. The summed E-state index contributed by atoms with van der Waals surface area (Å²) in [5.41, 5.74) is 0. The fraction of sp³-hybridized carbons (Fsp3) is 0.941. The van der Waals surface area contributed by atoms with E-state index < -0.39 is 16.6 Å². The minimum absolute atomic E-state index is 0.153. The number of hydrogen-bond acceptors (Lipinski definition) is 3. The van der Waals surface area contributed by atoms with Crippen LogP contribution >= 0.6 is 0 Å². The Kier molecular flexibility index (Phi) is 16.4. The molecule has 0 radical (unpaired) electrons. The van der Waals surface area contributed by atoms with Crippen molar-refractivity contribution < 1.29 is 13.6 Å². The molecule has 0 aromatic rings. The van der Waals surface area contributed by atoms with Crippen LogP contribution < -0.4 is 0 Å². The molecule has 4 atom stereocenters. The quantitative estimate of drug-likeness (QED) is 0.0811. The highest BCUT2D eigenvalue weighted by Crippen LogP contribution is 2.42. The van der Waals surface area contributed by atoms with Crippen molar-refractivity contribution in [1.82, 2.24) is 0 Å². The molecule has 39 heavy (non-hydrogen) atoms. The molecule has 1 rings (SSSR count). The van der Waals surface area contributed by atoms with Gasteiger partial charge in [0.05, 0.1) is 24.4 Å². The molecule has 232 valence electrons. The van der Waals surface area contributed by atoms with Crippen LogP contribution in [-0.4, -0.2) is 41.1 Å². The Morgan fingerprint density at radius 3 is 1.46 bits per heavy atom. The molecule has 0 spiro atoms. The van der Waals surface area contributed by atoms with Crippen LogP contribution in [0.2, 0.25) is 36.3 Å². The van der Waals surface area contributed by atoms with E-state index in [0.717, 1.165) is 32.1 Å². The number of rotatable bonds is 20. The largest absolute Gasteiger partial charge is 0.411 e. The van der Waals surface area contributed by atoms with Crippen molar-refractivity contribution in [2.75, 3.05) is 0 Å². The normalized spacial score (nSPS) is 20.8. The Morgan fingerprint density at radius 2 is 1.08 bits per heavy atom. The van der Waals surface area contributed by atoms with E-state index in [1.165, 1.54) is 64.2 Å². The predicted molar refractivity (Wildman–Crippen MR) is 178 cm³/mol. The van der Waals surface area contributed by atoms with Crippen LogP contribution in [0.4, 0.5) is 0 Å². The monoisotopic (exact) mass is 582 g/mol. The van der Waals surface area contributed by atoms with E-state index in [4.69, 9.17) is 13.6 Å². The molecular formula is C34H70O3Si2. The standard InChI is InChI=1S/C34H70O3Si2/c1-13-15-17-18-19-20-21-22-23-24-26-32(37-39(11,12)34(6,7)8)30-28-27-29(35-30)31(25-16-14-2)36-38(9,10)33(3,4)5/h14,29-32H,2,13,15-28H2,1,3-12H3/t29-,30-,31-,32-/m1/s1. The molecule has 0 aromatic heterocycles. The molecule has 1 heterocycles. The molecule has 1 aliphatic rings. The number of allylic oxidation sites excluding steroid dienone is 1. The summed E-state index contributed by atoms with van der Waals surface area (Å²) in [6.45, 7) is 29.9. The second kappa shape index (κ2) is 17.2. The Balaban J connectivity index is 2.80. The first-order valence-electron chi connectivity index (χ1n) is 16.7. The summed E-state index contributed by atoms with van der Waals surface area (Å²) >= 11 is 0. The third-order valence-corrected chi connectivity index (χ3v) is 18.9. The molecule has 1 fully saturated rings. The van der Waals surface area contributed by atoms with Gasteiger partial charge in [-0.05, 0) is 68.4 Å². The molecule has 0 unspecified atom stereocenters. The molecule has 0 saturated carbocycles. The minimum atomic E-state index is -1.88. The highest BCUT2D eigenvalue weighted by molar-refractivity contribution is 6.74. The third-order valence-electron chi connectivity index (χ3n) is 9.92. The van der Waals surface area contributed by atoms with E-state index in [2.05, 4.69) is 81.2 Å². The van der Waals surface area contributed by atoms with Crippen LogP contribution in [0.25, 0.3) is 0 Å². The molecule has 0 amide bonds. The lowest BCUT2D eigenvalue weighted by Crippen LogP contribution is -2.48. The molecule has 1 aliphatic heterocycles. The van der Waals surface area contributed by atoms with Gasteiger partial charge in [-0.25, -0.2) is 0 Å². The van der Waals surface area contributed by atoms with Crippen molar-refractivity contribution in [3.63, 3.8) is 0 Å². The maximum Gasteiger partial charge on any atom is 0.192 e. The highest BCUT2D eigenvalue weighted by atomic mass is 28.4.